The second-order valence-electron chi connectivity index (χ2n) is 5.83. The second-order valence-corrected chi connectivity index (χ2v) is 5.83. The highest BCUT2D eigenvalue weighted by Crippen LogP contribution is 2.28. The van der Waals surface area contributed by atoms with Gasteiger partial charge in [-0.3, -0.25) is 4.79 Å². The first kappa shape index (κ1) is 17.2. The van der Waals surface area contributed by atoms with Gasteiger partial charge < -0.3 is 16.2 Å². The number of amides is 1. The van der Waals surface area contributed by atoms with Crippen LogP contribution in [-0.2, 0) is 4.79 Å². The van der Waals surface area contributed by atoms with Crippen molar-refractivity contribution in [2.45, 2.75) is 51.9 Å². The van der Waals surface area contributed by atoms with E-state index in [0.29, 0.717) is 13.3 Å². The molecule has 0 aromatic rings. The zero-order valence-electron chi connectivity index (χ0n) is 11.1. The van der Waals surface area contributed by atoms with Crippen molar-refractivity contribution in [2.24, 2.45) is 11.1 Å². The maximum absolute atomic E-state index is 12.4. The normalized spacial score (nSPS) is 18.1. The van der Waals surface area contributed by atoms with Crippen LogP contribution in [0.25, 0.3) is 0 Å². The average molecular weight is 270 g/mol. The molecule has 0 saturated carbocycles. The number of alkyl halides is 3. The van der Waals surface area contributed by atoms with Crippen LogP contribution in [0.15, 0.2) is 0 Å². The molecule has 18 heavy (non-hydrogen) atoms. The van der Waals surface area contributed by atoms with Crippen LogP contribution in [0.5, 0.6) is 0 Å². The lowest BCUT2D eigenvalue weighted by Crippen LogP contribution is -2.62. The lowest BCUT2D eigenvalue weighted by atomic mass is 9.89. The number of aliphatic hydroxyl groups excluding tert-OH is 1. The highest BCUT2D eigenvalue weighted by atomic mass is 19.4. The number of rotatable bonds is 4. The Bertz CT molecular complexity index is 296. The van der Waals surface area contributed by atoms with Gasteiger partial charge in [-0.2, -0.15) is 13.2 Å². The summed E-state index contributed by atoms with van der Waals surface area (Å²) in [5, 5.41) is 11.6. The summed E-state index contributed by atoms with van der Waals surface area (Å²) in [5.41, 5.74) is 1.80. The van der Waals surface area contributed by atoms with Crippen LogP contribution in [-0.4, -0.2) is 35.4 Å². The summed E-state index contributed by atoms with van der Waals surface area (Å²) < 4.78 is 37.3. The van der Waals surface area contributed by atoms with Crippen molar-refractivity contribution >= 4 is 5.91 Å². The average Bonchev–Trinajstić information content (AvgIpc) is 2.09. The minimum Gasteiger partial charge on any atom is -0.391 e. The smallest absolute Gasteiger partial charge is 0.391 e. The fourth-order valence-corrected chi connectivity index (χ4v) is 1.30. The molecule has 0 spiro atoms. The third-order valence-corrected chi connectivity index (χ3v) is 2.41. The Morgan fingerprint density at radius 3 is 2.06 bits per heavy atom. The number of hydrogen-bond donors (Lipinski definition) is 3. The molecule has 0 fully saturated rings. The third kappa shape index (κ3) is 5.22. The van der Waals surface area contributed by atoms with Gasteiger partial charge in [0.15, 0.2) is 5.54 Å². The first-order chi connectivity index (χ1) is 7.77. The fourth-order valence-electron chi connectivity index (χ4n) is 1.30. The Hall–Kier alpha value is -0.820. The molecule has 0 heterocycles. The second kappa shape index (κ2) is 5.44. The molecule has 4 N–H and O–H groups in total. The van der Waals surface area contributed by atoms with E-state index in [2.05, 4.69) is 0 Å². The number of nitrogens with one attached hydrogen (secondary N) is 1. The van der Waals surface area contributed by atoms with Crippen LogP contribution in [0, 0.1) is 5.41 Å². The fraction of sp³-hybridized carbons (Fsp3) is 0.909. The van der Waals surface area contributed by atoms with Crippen LogP contribution in [0.1, 0.15) is 34.1 Å². The monoisotopic (exact) mass is 270 g/mol. The van der Waals surface area contributed by atoms with E-state index in [4.69, 9.17) is 5.73 Å². The predicted molar refractivity (Wildman–Crippen MR) is 61.7 cm³/mol. The molecule has 0 aromatic heterocycles. The highest BCUT2D eigenvalue weighted by molar-refractivity contribution is 5.86. The van der Waals surface area contributed by atoms with Crippen molar-refractivity contribution in [2.75, 3.05) is 6.54 Å². The molecule has 2 atom stereocenters. The van der Waals surface area contributed by atoms with Crippen LogP contribution >= 0.6 is 0 Å². The number of aliphatic hydroxyl groups is 1. The molecule has 1 amide bonds. The lowest BCUT2D eigenvalue weighted by molar-refractivity contribution is -0.187. The summed E-state index contributed by atoms with van der Waals surface area (Å²) in [4.78, 5) is 11.3. The molecule has 2 unspecified atom stereocenters. The number of carbonyl (C=O) groups excluding carboxylic acids is 1. The van der Waals surface area contributed by atoms with Gasteiger partial charge >= 0.3 is 6.18 Å². The first-order valence-corrected chi connectivity index (χ1v) is 5.59. The molecule has 0 aliphatic rings. The number of hydrogen-bond acceptors (Lipinski definition) is 3. The number of carbonyl (C=O) groups is 1. The van der Waals surface area contributed by atoms with Crippen molar-refractivity contribution in [3.63, 3.8) is 0 Å². The molecule has 0 saturated heterocycles. The van der Waals surface area contributed by atoms with Gasteiger partial charge in [0, 0.05) is 6.54 Å². The minimum absolute atomic E-state index is 0.180. The van der Waals surface area contributed by atoms with E-state index >= 15 is 0 Å². The van der Waals surface area contributed by atoms with Crippen LogP contribution in [0.3, 0.4) is 0 Å². The first-order valence-electron chi connectivity index (χ1n) is 5.59. The Labute approximate surface area is 105 Å². The van der Waals surface area contributed by atoms with Gasteiger partial charge in [0.1, 0.15) is 0 Å². The topological polar surface area (TPSA) is 75.3 Å². The van der Waals surface area contributed by atoms with Gasteiger partial charge in [0.05, 0.1) is 6.10 Å². The van der Waals surface area contributed by atoms with Gasteiger partial charge in [-0.05, 0) is 18.8 Å². The number of halogens is 3. The molecule has 0 aromatic carbocycles. The third-order valence-electron chi connectivity index (χ3n) is 2.41. The Balaban J connectivity index is 4.36. The molecule has 0 radical (unpaired) electrons. The van der Waals surface area contributed by atoms with Crippen LogP contribution < -0.4 is 11.1 Å². The highest BCUT2D eigenvalue weighted by Gasteiger charge is 2.53. The quantitative estimate of drug-likeness (QED) is 0.718. The molecule has 0 rings (SSSR count). The summed E-state index contributed by atoms with van der Waals surface area (Å²) in [5.74, 6) is -1.34. The Morgan fingerprint density at radius 2 is 1.72 bits per heavy atom. The predicted octanol–water partition coefficient (Wildman–Crippen LogP) is 1.18. The van der Waals surface area contributed by atoms with Crippen molar-refractivity contribution in [3.05, 3.63) is 0 Å². The van der Waals surface area contributed by atoms with Gasteiger partial charge in [0.2, 0.25) is 5.91 Å². The van der Waals surface area contributed by atoms with E-state index in [-0.39, 0.29) is 12.0 Å². The summed E-state index contributed by atoms with van der Waals surface area (Å²) in [6.45, 7) is 5.97. The molecule has 0 bridgehead atoms. The molecule has 0 aliphatic heterocycles. The largest absolute Gasteiger partial charge is 0.415 e. The molecule has 4 nitrogen and oxygen atoms in total. The van der Waals surface area contributed by atoms with Crippen LogP contribution in [0.2, 0.25) is 0 Å². The summed E-state index contributed by atoms with van der Waals surface area (Å²) in [6.07, 6.45) is -5.37. The van der Waals surface area contributed by atoms with Crippen molar-refractivity contribution in [1.82, 2.24) is 5.32 Å². The molecular weight excluding hydrogens is 249 g/mol. The van der Waals surface area contributed by atoms with E-state index < -0.39 is 23.7 Å². The Morgan fingerprint density at radius 1 is 1.28 bits per heavy atom. The maximum Gasteiger partial charge on any atom is 0.415 e. The minimum atomic E-state index is -4.83. The van der Waals surface area contributed by atoms with Gasteiger partial charge in [-0.1, -0.05) is 20.8 Å². The maximum atomic E-state index is 12.4. The van der Waals surface area contributed by atoms with Gasteiger partial charge in [-0.25, -0.2) is 0 Å². The van der Waals surface area contributed by atoms with Gasteiger partial charge in [-0.15, -0.1) is 0 Å². The van der Waals surface area contributed by atoms with Crippen molar-refractivity contribution in [1.29, 1.82) is 0 Å². The summed E-state index contributed by atoms with van der Waals surface area (Å²) >= 11 is 0. The van der Waals surface area contributed by atoms with E-state index in [1.54, 1.807) is 0 Å². The molecule has 0 aliphatic carbocycles. The van der Waals surface area contributed by atoms with E-state index in [1.165, 1.54) is 0 Å². The molecule has 108 valence electrons. The van der Waals surface area contributed by atoms with Gasteiger partial charge in [0.25, 0.3) is 0 Å². The van der Waals surface area contributed by atoms with E-state index in [9.17, 15) is 23.1 Å². The summed E-state index contributed by atoms with van der Waals surface area (Å²) in [6, 6.07) is 0. The standard InChI is InChI=1S/C11H21F3N2O2/c1-9(2,3)5-7(17)6-16-8(18)10(4,15)11(12,13)14/h7,17H,5-6,15H2,1-4H3,(H,16,18). The number of nitrogens with two attached hydrogens (primary N) is 1. The lowest BCUT2D eigenvalue weighted by Gasteiger charge is -2.27. The summed E-state index contributed by atoms with van der Waals surface area (Å²) in [7, 11) is 0. The molecular formula is C11H21F3N2O2. The molecule has 7 heteroatoms. The Kier molecular flexibility index (Phi) is 5.19. The SMILES string of the molecule is CC(C)(C)CC(O)CNC(=O)C(C)(N)C(F)(F)F. The van der Waals surface area contributed by atoms with E-state index in [0.717, 1.165) is 0 Å². The van der Waals surface area contributed by atoms with Crippen LogP contribution in [0.4, 0.5) is 13.2 Å². The van der Waals surface area contributed by atoms with Crippen molar-refractivity contribution < 1.29 is 23.1 Å². The zero-order chi connectivity index (χ0) is 14.8. The van der Waals surface area contributed by atoms with Crippen molar-refractivity contribution in [3.8, 4) is 0 Å². The zero-order valence-corrected chi connectivity index (χ0v) is 11.1. The van der Waals surface area contributed by atoms with E-state index in [1.807, 2.05) is 26.1 Å².